The number of aldehydes is 1. The summed E-state index contributed by atoms with van der Waals surface area (Å²) in [4.78, 5) is 26.2. The highest BCUT2D eigenvalue weighted by molar-refractivity contribution is 5.86. The molecule has 1 aromatic carbocycles. The molecule has 5 saturated carbocycles. The summed E-state index contributed by atoms with van der Waals surface area (Å²) >= 11 is 0. The Morgan fingerprint density at radius 3 is 2.68 bits per heavy atom. The molecule has 9 heteroatoms. The van der Waals surface area contributed by atoms with E-state index in [0.717, 1.165) is 28.5 Å². The average molecular weight is 646 g/mol. The lowest BCUT2D eigenvalue weighted by Gasteiger charge is -2.69. The van der Waals surface area contributed by atoms with E-state index in [1.165, 1.54) is 0 Å². The van der Waals surface area contributed by atoms with Crippen LogP contribution in [0.4, 0.5) is 0 Å². The first kappa shape index (κ1) is 31.7. The summed E-state index contributed by atoms with van der Waals surface area (Å²) in [5.74, 6) is 5.35. The number of hydrogen-bond acceptors (Lipinski definition) is 9. The first-order valence-corrected chi connectivity index (χ1v) is 17.6. The molecule has 9 rings (SSSR count). The molecule has 1 aromatic rings. The molecule has 0 saturated heterocycles. The van der Waals surface area contributed by atoms with Crippen LogP contribution in [0.1, 0.15) is 87.3 Å². The second-order valence-electron chi connectivity index (χ2n) is 16.0. The van der Waals surface area contributed by atoms with E-state index in [1.54, 1.807) is 6.08 Å². The van der Waals surface area contributed by atoms with Crippen LogP contribution >= 0.6 is 0 Å². The highest BCUT2D eigenvalue weighted by Gasteiger charge is 2.80. The number of rotatable bonds is 3. The van der Waals surface area contributed by atoms with Gasteiger partial charge in [0.1, 0.15) is 18.0 Å². The van der Waals surface area contributed by atoms with Gasteiger partial charge in [-0.2, -0.15) is 0 Å². The lowest BCUT2D eigenvalue weighted by molar-refractivity contribution is -0.319. The molecule has 9 nitrogen and oxygen atoms in total. The van der Waals surface area contributed by atoms with E-state index in [1.807, 2.05) is 25.2 Å². The molecular formula is C38H47NO8. The average Bonchev–Trinajstić information content (AvgIpc) is 3.56. The van der Waals surface area contributed by atoms with Gasteiger partial charge >= 0.3 is 5.97 Å². The monoisotopic (exact) mass is 645 g/mol. The molecule has 12 unspecified atom stereocenters. The fourth-order valence-electron chi connectivity index (χ4n) is 12.6. The molecule has 8 aliphatic rings. The summed E-state index contributed by atoms with van der Waals surface area (Å²) in [5, 5.41) is 62.8. The van der Waals surface area contributed by atoms with Crippen LogP contribution in [0, 0.1) is 46.3 Å². The van der Waals surface area contributed by atoms with E-state index < -0.39 is 45.8 Å². The van der Waals surface area contributed by atoms with Gasteiger partial charge in [0.2, 0.25) is 0 Å². The summed E-state index contributed by atoms with van der Waals surface area (Å²) in [5.41, 5.74) is -3.22. The standard InChI is InChI=1S/C38H47NO8/c1-39-29-16-26-22(6-4-7-23(26)20-40)5-2-3-10-34-12-9-30-35(21-41)11-8-25(42)19-36(35,44)13-14-37(30,45)38(34,46)18-24-15-27(29)33-28(32(24)34)17-31(43)47-33/h4,6-7,17,21,24-25,27,29-30,32-33,39-40,42,44-46H,3,8-16,18-20H2,1H3. The fourth-order valence-corrected chi connectivity index (χ4v) is 12.6. The van der Waals surface area contributed by atoms with E-state index in [2.05, 4.69) is 17.2 Å². The van der Waals surface area contributed by atoms with Crippen LogP contribution in [0.2, 0.25) is 0 Å². The smallest absolute Gasteiger partial charge is 0.331 e. The molecule has 12 atom stereocenters. The van der Waals surface area contributed by atoms with E-state index in [-0.39, 0.29) is 62.1 Å². The molecule has 47 heavy (non-hydrogen) atoms. The molecule has 1 spiro atoms. The van der Waals surface area contributed by atoms with Gasteiger partial charge in [-0.25, -0.2) is 4.79 Å². The molecule has 0 radical (unpaired) electrons. The molecule has 4 bridgehead atoms. The van der Waals surface area contributed by atoms with Crippen LogP contribution in [0.5, 0.6) is 0 Å². The highest BCUT2D eigenvalue weighted by Crippen LogP contribution is 2.75. The van der Waals surface area contributed by atoms with E-state index >= 15 is 0 Å². The number of hydrogen-bond donors (Lipinski definition) is 6. The van der Waals surface area contributed by atoms with E-state index in [9.17, 15) is 35.1 Å². The number of aliphatic hydroxyl groups excluding tert-OH is 2. The van der Waals surface area contributed by atoms with Crippen LogP contribution in [-0.2, 0) is 27.4 Å². The van der Waals surface area contributed by atoms with Crippen molar-refractivity contribution in [2.75, 3.05) is 7.05 Å². The van der Waals surface area contributed by atoms with Crippen molar-refractivity contribution in [3.8, 4) is 11.8 Å². The lowest BCUT2D eigenvalue weighted by atomic mass is 9.39. The Morgan fingerprint density at radius 1 is 1.09 bits per heavy atom. The van der Waals surface area contributed by atoms with Gasteiger partial charge in [-0.15, -0.1) is 0 Å². The number of fused-ring (bicyclic) bond motifs is 7. The van der Waals surface area contributed by atoms with Gasteiger partial charge in [0.05, 0.1) is 29.3 Å². The minimum Gasteiger partial charge on any atom is -0.454 e. The number of aliphatic hydroxyl groups is 5. The van der Waals surface area contributed by atoms with Crippen molar-refractivity contribution < 1.29 is 39.9 Å². The predicted octanol–water partition coefficient (Wildman–Crippen LogP) is 2.08. The Bertz CT molecular complexity index is 1600. The SMILES string of the molecule is CNC1Cc2c(cccc2CO)C#CCCC23CCC4C(O)(CCC5(O)CC(O)CCC45C=O)C2(O)CC2CC1C1OC(=O)C=C1C23. The zero-order valence-electron chi connectivity index (χ0n) is 27.1. The Morgan fingerprint density at radius 2 is 1.91 bits per heavy atom. The van der Waals surface area contributed by atoms with Crippen LogP contribution in [-0.4, -0.2) is 79.9 Å². The van der Waals surface area contributed by atoms with Crippen molar-refractivity contribution in [2.24, 2.45) is 34.5 Å². The third-order valence-corrected chi connectivity index (χ3v) is 14.6. The number of nitrogens with one attached hydrogen (secondary N) is 1. The number of ether oxygens (including phenoxy) is 1. The predicted molar refractivity (Wildman–Crippen MR) is 170 cm³/mol. The van der Waals surface area contributed by atoms with Gasteiger partial charge in [0.25, 0.3) is 0 Å². The van der Waals surface area contributed by atoms with Crippen molar-refractivity contribution >= 4 is 12.3 Å². The fraction of sp³-hybridized carbons (Fsp3) is 0.684. The molecule has 5 fully saturated rings. The zero-order chi connectivity index (χ0) is 33.0. The highest BCUT2D eigenvalue weighted by atomic mass is 16.5. The second kappa shape index (κ2) is 10.7. The van der Waals surface area contributed by atoms with Crippen LogP contribution in [0.3, 0.4) is 0 Å². The van der Waals surface area contributed by atoms with Gasteiger partial charge in [0.15, 0.2) is 0 Å². The molecule has 252 valence electrons. The topological polar surface area (TPSA) is 157 Å². The summed E-state index contributed by atoms with van der Waals surface area (Å²) < 4.78 is 6.10. The maximum absolute atomic E-state index is 13.4. The number of benzene rings is 1. The normalized spacial score (nSPS) is 48.0. The van der Waals surface area contributed by atoms with Gasteiger partial charge in [0, 0.05) is 47.8 Å². The molecule has 1 aliphatic heterocycles. The van der Waals surface area contributed by atoms with Crippen molar-refractivity contribution in [1.29, 1.82) is 0 Å². The quantitative estimate of drug-likeness (QED) is 0.165. The molecule has 6 N–H and O–H groups in total. The summed E-state index contributed by atoms with van der Waals surface area (Å²) in [6.07, 6.45) is 5.69. The molecular weight excluding hydrogens is 598 g/mol. The Kier molecular flexibility index (Phi) is 7.22. The first-order chi connectivity index (χ1) is 22.5. The zero-order valence-corrected chi connectivity index (χ0v) is 27.1. The van der Waals surface area contributed by atoms with Crippen LogP contribution in [0.25, 0.3) is 0 Å². The molecule has 0 aromatic heterocycles. The van der Waals surface area contributed by atoms with E-state index in [0.29, 0.717) is 51.4 Å². The summed E-state index contributed by atoms with van der Waals surface area (Å²) in [7, 11) is 1.90. The third-order valence-electron chi connectivity index (χ3n) is 14.6. The van der Waals surface area contributed by atoms with Gasteiger partial charge < -0.3 is 40.4 Å². The van der Waals surface area contributed by atoms with Gasteiger partial charge in [-0.3, -0.25) is 0 Å². The minimum absolute atomic E-state index is 0.0527. The molecule has 0 amide bonds. The van der Waals surface area contributed by atoms with Crippen molar-refractivity contribution in [3.05, 3.63) is 46.5 Å². The number of carbonyl (C=O) groups is 2. The van der Waals surface area contributed by atoms with Crippen LogP contribution < -0.4 is 5.32 Å². The minimum atomic E-state index is -1.65. The van der Waals surface area contributed by atoms with Crippen LogP contribution in [0.15, 0.2) is 29.8 Å². The number of carbonyl (C=O) groups excluding carboxylic acids is 2. The van der Waals surface area contributed by atoms with Crippen molar-refractivity contribution in [3.63, 3.8) is 0 Å². The van der Waals surface area contributed by atoms with Crippen molar-refractivity contribution in [2.45, 2.75) is 119 Å². The Labute approximate surface area is 275 Å². The van der Waals surface area contributed by atoms with Crippen molar-refractivity contribution in [1.82, 2.24) is 5.32 Å². The second-order valence-corrected chi connectivity index (χ2v) is 16.0. The molecule has 1 heterocycles. The largest absolute Gasteiger partial charge is 0.454 e. The van der Waals surface area contributed by atoms with Gasteiger partial charge in [-0.1, -0.05) is 24.0 Å². The Hall–Kier alpha value is -2.58. The maximum atomic E-state index is 13.4. The maximum Gasteiger partial charge on any atom is 0.331 e. The number of esters is 1. The summed E-state index contributed by atoms with van der Waals surface area (Å²) in [6, 6.07) is 5.69. The Balaban J connectivity index is 1.29. The van der Waals surface area contributed by atoms with E-state index in [4.69, 9.17) is 4.74 Å². The summed E-state index contributed by atoms with van der Waals surface area (Å²) in [6.45, 7) is -0.105. The third kappa shape index (κ3) is 4.00. The number of likely N-dealkylation sites (N-methyl/N-ethyl adjacent to an activating group) is 1. The molecule has 7 aliphatic carbocycles. The first-order valence-electron chi connectivity index (χ1n) is 17.6. The van der Waals surface area contributed by atoms with Gasteiger partial charge in [-0.05, 0) is 106 Å². The lowest BCUT2D eigenvalue weighted by Crippen LogP contribution is -2.77.